The number of pyridine rings is 1. The first kappa shape index (κ1) is 14.2. The molecular formula is C16H22N4O. The molecule has 1 fully saturated rings. The van der Waals surface area contributed by atoms with Crippen LogP contribution in [0.1, 0.15) is 37.0 Å². The monoisotopic (exact) mass is 286 g/mol. The van der Waals surface area contributed by atoms with Gasteiger partial charge in [0.05, 0.1) is 0 Å². The number of hydrogen-bond donors (Lipinski definition) is 1. The number of rotatable bonds is 5. The van der Waals surface area contributed by atoms with Gasteiger partial charge in [-0.1, -0.05) is 18.1 Å². The first-order chi connectivity index (χ1) is 10.3. The van der Waals surface area contributed by atoms with Crippen LogP contribution in [0.25, 0.3) is 0 Å². The molecular weight excluding hydrogens is 264 g/mol. The van der Waals surface area contributed by atoms with Gasteiger partial charge in [-0.2, -0.15) is 4.98 Å². The third-order valence-corrected chi connectivity index (χ3v) is 4.23. The molecule has 112 valence electrons. The van der Waals surface area contributed by atoms with Crippen molar-refractivity contribution >= 4 is 0 Å². The first-order valence-corrected chi connectivity index (χ1v) is 7.72. The van der Waals surface area contributed by atoms with Crippen LogP contribution in [0.4, 0.5) is 0 Å². The van der Waals surface area contributed by atoms with Gasteiger partial charge in [-0.3, -0.25) is 4.98 Å². The van der Waals surface area contributed by atoms with E-state index in [9.17, 15) is 0 Å². The Kier molecular flexibility index (Phi) is 4.60. The Labute approximate surface area is 125 Å². The van der Waals surface area contributed by atoms with Gasteiger partial charge in [0.25, 0.3) is 0 Å². The topological polar surface area (TPSA) is 63.8 Å². The zero-order chi connectivity index (χ0) is 14.5. The molecule has 3 rings (SSSR count). The average molecular weight is 286 g/mol. The molecule has 2 aromatic heterocycles. The van der Waals surface area contributed by atoms with E-state index in [0.717, 1.165) is 36.8 Å². The Hall–Kier alpha value is -1.75. The average Bonchev–Trinajstić information content (AvgIpc) is 2.96. The van der Waals surface area contributed by atoms with Crippen LogP contribution in [0, 0.1) is 11.8 Å². The van der Waals surface area contributed by atoms with Crippen LogP contribution in [0.3, 0.4) is 0 Å². The second kappa shape index (κ2) is 6.80. The van der Waals surface area contributed by atoms with Crippen molar-refractivity contribution < 1.29 is 4.52 Å². The van der Waals surface area contributed by atoms with Crippen molar-refractivity contribution in [3.8, 4) is 0 Å². The van der Waals surface area contributed by atoms with Crippen LogP contribution >= 0.6 is 0 Å². The lowest BCUT2D eigenvalue weighted by Gasteiger charge is -2.27. The van der Waals surface area contributed by atoms with Crippen LogP contribution in [0.15, 0.2) is 29.0 Å². The van der Waals surface area contributed by atoms with E-state index in [0.29, 0.717) is 18.3 Å². The molecule has 1 N–H and O–H groups in total. The Morgan fingerprint density at radius 3 is 3.19 bits per heavy atom. The molecule has 5 heteroatoms. The van der Waals surface area contributed by atoms with Crippen molar-refractivity contribution in [2.24, 2.45) is 11.8 Å². The zero-order valence-electron chi connectivity index (χ0n) is 12.5. The fraction of sp³-hybridized carbons (Fsp3) is 0.562. The molecule has 1 saturated heterocycles. The summed E-state index contributed by atoms with van der Waals surface area (Å²) in [6, 6.07) is 3.95. The third kappa shape index (κ3) is 3.88. The Morgan fingerprint density at radius 2 is 2.43 bits per heavy atom. The highest BCUT2D eigenvalue weighted by atomic mass is 16.5. The maximum Gasteiger partial charge on any atom is 0.226 e. The van der Waals surface area contributed by atoms with E-state index in [4.69, 9.17) is 4.52 Å². The molecule has 0 amide bonds. The summed E-state index contributed by atoms with van der Waals surface area (Å²) < 4.78 is 5.40. The lowest BCUT2D eigenvalue weighted by Crippen LogP contribution is -2.33. The molecule has 0 spiro atoms. The highest BCUT2D eigenvalue weighted by Gasteiger charge is 2.22. The first-order valence-electron chi connectivity index (χ1n) is 7.72. The minimum atomic E-state index is 0.574. The zero-order valence-corrected chi connectivity index (χ0v) is 12.5. The fourth-order valence-electron chi connectivity index (χ4n) is 2.94. The van der Waals surface area contributed by atoms with Gasteiger partial charge in [0.15, 0.2) is 5.82 Å². The van der Waals surface area contributed by atoms with Crippen LogP contribution in [0.2, 0.25) is 0 Å². The molecule has 2 aromatic rings. The molecule has 0 aromatic carbocycles. The predicted molar refractivity (Wildman–Crippen MR) is 79.8 cm³/mol. The second-order valence-electron chi connectivity index (χ2n) is 5.93. The van der Waals surface area contributed by atoms with E-state index in [1.807, 2.05) is 18.3 Å². The summed E-state index contributed by atoms with van der Waals surface area (Å²) >= 11 is 0. The lowest BCUT2D eigenvalue weighted by molar-refractivity contribution is 0.256. The molecule has 0 aliphatic carbocycles. The molecule has 0 radical (unpaired) electrons. The summed E-state index contributed by atoms with van der Waals surface area (Å²) in [4.78, 5) is 8.62. The van der Waals surface area contributed by atoms with E-state index < -0.39 is 0 Å². The summed E-state index contributed by atoms with van der Waals surface area (Å²) in [6.07, 6.45) is 7.72. The standard InChI is InChI=1S/C16H22N4O/c1-12(14-5-3-7-18-11-14)8-16-19-15(20-21-16)9-13-4-2-6-17-10-13/h2,4,6,10,12,14,18H,3,5,7-9,11H2,1H3. The van der Waals surface area contributed by atoms with E-state index in [-0.39, 0.29) is 0 Å². The SMILES string of the molecule is CC(Cc1nc(Cc2cccnc2)no1)C1CCCNC1. The van der Waals surface area contributed by atoms with Crippen molar-refractivity contribution in [1.82, 2.24) is 20.4 Å². The molecule has 0 bridgehead atoms. The highest BCUT2D eigenvalue weighted by Crippen LogP contribution is 2.22. The van der Waals surface area contributed by atoms with Crippen molar-refractivity contribution in [2.75, 3.05) is 13.1 Å². The van der Waals surface area contributed by atoms with Gasteiger partial charge in [-0.25, -0.2) is 0 Å². The quantitative estimate of drug-likeness (QED) is 0.913. The summed E-state index contributed by atoms with van der Waals surface area (Å²) in [5, 5.41) is 7.55. The molecule has 0 saturated carbocycles. The number of piperidine rings is 1. The maximum absolute atomic E-state index is 5.40. The molecule has 1 aliphatic rings. The fourth-order valence-corrected chi connectivity index (χ4v) is 2.94. The van der Waals surface area contributed by atoms with Crippen LogP contribution < -0.4 is 5.32 Å². The molecule has 2 unspecified atom stereocenters. The number of hydrogen-bond acceptors (Lipinski definition) is 5. The van der Waals surface area contributed by atoms with Crippen molar-refractivity contribution in [3.63, 3.8) is 0 Å². The molecule has 21 heavy (non-hydrogen) atoms. The third-order valence-electron chi connectivity index (χ3n) is 4.23. The van der Waals surface area contributed by atoms with Crippen molar-refractivity contribution in [1.29, 1.82) is 0 Å². The van der Waals surface area contributed by atoms with Gasteiger partial charge >= 0.3 is 0 Å². The molecule has 5 nitrogen and oxygen atoms in total. The lowest BCUT2D eigenvalue weighted by atomic mass is 9.85. The maximum atomic E-state index is 5.40. The van der Waals surface area contributed by atoms with Crippen LogP contribution in [-0.2, 0) is 12.8 Å². The summed E-state index contributed by atoms with van der Waals surface area (Å²) in [6.45, 7) is 4.54. The smallest absolute Gasteiger partial charge is 0.226 e. The molecule has 1 aliphatic heterocycles. The van der Waals surface area contributed by atoms with Gasteiger partial charge in [-0.15, -0.1) is 0 Å². The predicted octanol–water partition coefficient (Wildman–Crippen LogP) is 2.23. The normalized spacial score (nSPS) is 20.3. The van der Waals surface area contributed by atoms with Gasteiger partial charge in [0.2, 0.25) is 5.89 Å². The highest BCUT2D eigenvalue weighted by molar-refractivity contribution is 5.13. The number of aromatic nitrogens is 3. The van der Waals surface area contributed by atoms with Crippen molar-refractivity contribution in [2.45, 2.75) is 32.6 Å². The summed E-state index contributed by atoms with van der Waals surface area (Å²) in [5.74, 6) is 2.79. The molecule has 3 heterocycles. The van der Waals surface area contributed by atoms with Crippen LogP contribution in [0.5, 0.6) is 0 Å². The number of nitrogens with zero attached hydrogens (tertiary/aromatic N) is 3. The summed E-state index contributed by atoms with van der Waals surface area (Å²) in [7, 11) is 0. The van der Waals surface area contributed by atoms with Gasteiger partial charge in [-0.05, 0) is 49.4 Å². The largest absolute Gasteiger partial charge is 0.339 e. The van der Waals surface area contributed by atoms with E-state index in [2.05, 4.69) is 27.4 Å². The Balaban J connectivity index is 1.57. The van der Waals surface area contributed by atoms with Crippen molar-refractivity contribution in [3.05, 3.63) is 41.8 Å². The van der Waals surface area contributed by atoms with Gasteiger partial charge < -0.3 is 9.84 Å². The number of nitrogens with one attached hydrogen (secondary N) is 1. The summed E-state index contributed by atoms with van der Waals surface area (Å²) in [5.41, 5.74) is 1.11. The van der Waals surface area contributed by atoms with Gasteiger partial charge in [0, 0.05) is 25.2 Å². The van der Waals surface area contributed by atoms with E-state index in [1.165, 1.54) is 12.8 Å². The van der Waals surface area contributed by atoms with E-state index in [1.54, 1.807) is 6.20 Å². The van der Waals surface area contributed by atoms with E-state index >= 15 is 0 Å². The Bertz CT molecular complexity index is 548. The minimum absolute atomic E-state index is 0.574. The van der Waals surface area contributed by atoms with Gasteiger partial charge in [0.1, 0.15) is 0 Å². The second-order valence-corrected chi connectivity index (χ2v) is 5.93. The molecule has 2 atom stereocenters. The minimum Gasteiger partial charge on any atom is -0.339 e. The van der Waals surface area contributed by atoms with Crippen LogP contribution in [-0.4, -0.2) is 28.2 Å². The Morgan fingerprint density at radius 1 is 1.48 bits per heavy atom.